The van der Waals surface area contributed by atoms with Crippen LogP contribution >= 0.6 is 22.6 Å². The van der Waals surface area contributed by atoms with E-state index in [1.54, 1.807) is 0 Å². The first-order valence-electron chi connectivity index (χ1n) is 7.14. The Morgan fingerprint density at radius 3 is 2.27 bits per heavy atom. The Labute approximate surface area is 144 Å². The topological polar surface area (TPSA) is 50.4 Å². The van der Waals surface area contributed by atoms with Crippen molar-refractivity contribution < 1.29 is 9.53 Å². The van der Waals surface area contributed by atoms with Crippen molar-refractivity contribution in [2.75, 3.05) is 17.2 Å². The predicted molar refractivity (Wildman–Crippen MR) is 98.5 cm³/mol. The summed E-state index contributed by atoms with van der Waals surface area (Å²) in [7, 11) is 0. The van der Waals surface area contributed by atoms with Gasteiger partial charge in [-0.3, -0.25) is 4.79 Å². The first-order valence-corrected chi connectivity index (χ1v) is 8.22. The lowest BCUT2D eigenvalue weighted by Crippen LogP contribution is -2.31. The Morgan fingerprint density at radius 2 is 1.68 bits per heavy atom. The Bertz CT molecular complexity index is 612. The maximum Gasteiger partial charge on any atom is 0.246 e. The number of carbonyl (C=O) groups is 1. The molecule has 116 valence electrons. The second-order valence-corrected chi connectivity index (χ2v) is 6.07. The van der Waals surface area contributed by atoms with Gasteiger partial charge in [-0.1, -0.05) is 0 Å². The summed E-state index contributed by atoms with van der Waals surface area (Å²) in [5.41, 5.74) is 1.68. The quantitative estimate of drug-likeness (QED) is 0.705. The predicted octanol–water partition coefficient (Wildman–Crippen LogP) is 4.13. The highest BCUT2D eigenvalue weighted by atomic mass is 127. The molecule has 0 aliphatic carbocycles. The number of amides is 1. The van der Waals surface area contributed by atoms with Gasteiger partial charge in [-0.05, 0) is 85.0 Å². The zero-order valence-corrected chi connectivity index (χ0v) is 14.8. The molecule has 2 aromatic carbocycles. The van der Waals surface area contributed by atoms with Crippen molar-refractivity contribution in [3.8, 4) is 5.75 Å². The number of hydrogen-bond acceptors (Lipinski definition) is 3. The molecule has 0 aromatic heterocycles. The first-order chi connectivity index (χ1) is 10.6. The SMILES string of the molecule is CCOc1ccc(NC(=O)[C@H](C)Nc2ccc(I)cc2)cc1. The fraction of sp³-hybridized carbons (Fsp3) is 0.235. The molecular weight excluding hydrogens is 391 g/mol. The Kier molecular flexibility index (Phi) is 6.06. The zero-order chi connectivity index (χ0) is 15.9. The van der Waals surface area contributed by atoms with E-state index < -0.39 is 0 Å². The lowest BCUT2D eigenvalue weighted by molar-refractivity contribution is -0.116. The normalized spacial score (nSPS) is 11.6. The van der Waals surface area contributed by atoms with E-state index in [4.69, 9.17) is 4.74 Å². The summed E-state index contributed by atoms with van der Waals surface area (Å²) in [4.78, 5) is 12.2. The number of carbonyl (C=O) groups excluding carboxylic acids is 1. The minimum Gasteiger partial charge on any atom is -0.494 e. The van der Waals surface area contributed by atoms with Crippen molar-refractivity contribution in [1.29, 1.82) is 0 Å². The number of benzene rings is 2. The molecular formula is C17H19IN2O2. The number of nitrogens with one attached hydrogen (secondary N) is 2. The molecule has 4 nitrogen and oxygen atoms in total. The largest absolute Gasteiger partial charge is 0.494 e. The first kappa shape index (κ1) is 16.6. The van der Waals surface area contributed by atoms with Gasteiger partial charge in [-0.25, -0.2) is 0 Å². The number of anilines is 2. The minimum atomic E-state index is -0.327. The molecule has 0 aliphatic heterocycles. The highest BCUT2D eigenvalue weighted by Gasteiger charge is 2.12. The smallest absolute Gasteiger partial charge is 0.246 e. The number of hydrogen-bond donors (Lipinski definition) is 2. The van der Waals surface area contributed by atoms with E-state index in [1.807, 2.05) is 62.4 Å². The van der Waals surface area contributed by atoms with Crippen molar-refractivity contribution in [1.82, 2.24) is 0 Å². The summed E-state index contributed by atoms with van der Waals surface area (Å²) in [6.07, 6.45) is 0. The lowest BCUT2D eigenvalue weighted by atomic mass is 10.2. The van der Waals surface area contributed by atoms with Crippen LogP contribution in [-0.4, -0.2) is 18.6 Å². The van der Waals surface area contributed by atoms with Crippen LogP contribution in [0.25, 0.3) is 0 Å². The molecule has 1 atom stereocenters. The number of halogens is 1. The third-order valence-corrected chi connectivity index (χ3v) is 3.77. The fourth-order valence-corrected chi connectivity index (χ4v) is 2.27. The molecule has 0 saturated heterocycles. The number of rotatable bonds is 6. The number of ether oxygens (including phenoxy) is 1. The molecule has 0 unspecified atom stereocenters. The molecule has 0 fully saturated rings. The molecule has 2 N–H and O–H groups in total. The second kappa shape index (κ2) is 8.03. The molecule has 2 rings (SSSR count). The van der Waals surface area contributed by atoms with Gasteiger partial charge in [0.15, 0.2) is 0 Å². The van der Waals surface area contributed by atoms with E-state index in [-0.39, 0.29) is 11.9 Å². The van der Waals surface area contributed by atoms with Gasteiger partial charge in [0.1, 0.15) is 11.8 Å². The summed E-state index contributed by atoms with van der Waals surface area (Å²) < 4.78 is 6.54. The standard InChI is InChI=1S/C17H19IN2O2/c1-3-22-16-10-8-15(9-11-16)20-17(21)12(2)19-14-6-4-13(18)5-7-14/h4-12,19H,3H2,1-2H3,(H,20,21)/t12-/m0/s1. The van der Waals surface area contributed by atoms with Crippen molar-refractivity contribution >= 4 is 39.9 Å². The van der Waals surface area contributed by atoms with Gasteiger partial charge in [-0.2, -0.15) is 0 Å². The lowest BCUT2D eigenvalue weighted by Gasteiger charge is -2.15. The van der Waals surface area contributed by atoms with Crippen molar-refractivity contribution in [3.05, 3.63) is 52.1 Å². The maximum absolute atomic E-state index is 12.2. The van der Waals surface area contributed by atoms with E-state index in [9.17, 15) is 4.79 Å². The van der Waals surface area contributed by atoms with E-state index >= 15 is 0 Å². The van der Waals surface area contributed by atoms with Gasteiger partial charge in [0.05, 0.1) is 6.61 Å². The average Bonchev–Trinajstić information content (AvgIpc) is 2.51. The third-order valence-electron chi connectivity index (χ3n) is 3.05. The molecule has 0 spiro atoms. The van der Waals surface area contributed by atoms with E-state index in [0.29, 0.717) is 6.61 Å². The monoisotopic (exact) mass is 410 g/mol. The molecule has 2 aromatic rings. The van der Waals surface area contributed by atoms with Crippen LogP contribution in [0.15, 0.2) is 48.5 Å². The molecule has 0 heterocycles. The van der Waals surface area contributed by atoms with Gasteiger partial charge in [-0.15, -0.1) is 0 Å². The van der Waals surface area contributed by atoms with Crippen LogP contribution in [0.3, 0.4) is 0 Å². The Hall–Kier alpha value is -1.76. The summed E-state index contributed by atoms with van der Waals surface area (Å²) in [5, 5.41) is 6.06. The molecule has 5 heteroatoms. The van der Waals surface area contributed by atoms with Crippen molar-refractivity contribution in [3.63, 3.8) is 0 Å². The molecule has 22 heavy (non-hydrogen) atoms. The van der Waals surface area contributed by atoms with Crippen LogP contribution in [0.2, 0.25) is 0 Å². The third kappa shape index (κ3) is 4.91. The van der Waals surface area contributed by atoms with Crippen LogP contribution < -0.4 is 15.4 Å². The minimum absolute atomic E-state index is 0.0808. The summed E-state index contributed by atoms with van der Waals surface area (Å²) in [5.74, 6) is 0.716. The van der Waals surface area contributed by atoms with E-state index in [0.717, 1.165) is 20.7 Å². The van der Waals surface area contributed by atoms with Gasteiger partial charge in [0.25, 0.3) is 0 Å². The van der Waals surface area contributed by atoms with Crippen LogP contribution in [0, 0.1) is 3.57 Å². The fourth-order valence-electron chi connectivity index (χ4n) is 1.91. The molecule has 0 aliphatic rings. The van der Waals surface area contributed by atoms with Gasteiger partial charge in [0, 0.05) is 14.9 Å². The summed E-state index contributed by atoms with van der Waals surface area (Å²) in [6, 6.07) is 14.9. The van der Waals surface area contributed by atoms with Crippen LogP contribution in [-0.2, 0) is 4.79 Å². The van der Waals surface area contributed by atoms with Crippen LogP contribution in [0.1, 0.15) is 13.8 Å². The Balaban J connectivity index is 1.91. The van der Waals surface area contributed by atoms with Crippen molar-refractivity contribution in [2.45, 2.75) is 19.9 Å². The molecule has 0 saturated carbocycles. The van der Waals surface area contributed by atoms with Crippen LogP contribution in [0.4, 0.5) is 11.4 Å². The van der Waals surface area contributed by atoms with Crippen LogP contribution in [0.5, 0.6) is 5.75 Å². The highest BCUT2D eigenvalue weighted by molar-refractivity contribution is 14.1. The Morgan fingerprint density at radius 1 is 1.09 bits per heavy atom. The molecule has 0 bridgehead atoms. The highest BCUT2D eigenvalue weighted by Crippen LogP contribution is 2.16. The zero-order valence-electron chi connectivity index (χ0n) is 12.6. The summed E-state index contributed by atoms with van der Waals surface area (Å²) in [6.45, 7) is 4.40. The van der Waals surface area contributed by atoms with Gasteiger partial charge in [0.2, 0.25) is 5.91 Å². The van der Waals surface area contributed by atoms with Gasteiger partial charge < -0.3 is 15.4 Å². The maximum atomic E-state index is 12.2. The van der Waals surface area contributed by atoms with E-state index in [1.165, 1.54) is 0 Å². The average molecular weight is 410 g/mol. The van der Waals surface area contributed by atoms with Crippen molar-refractivity contribution in [2.24, 2.45) is 0 Å². The second-order valence-electron chi connectivity index (χ2n) is 4.82. The van der Waals surface area contributed by atoms with E-state index in [2.05, 4.69) is 33.2 Å². The van der Waals surface area contributed by atoms with Gasteiger partial charge >= 0.3 is 0 Å². The molecule has 0 radical (unpaired) electrons. The summed E-state index contributed by atoms with van der Waals surface area (Å²) >= 11 is 2.25. The molecule has 1 amide bonds.